The molecule has 0 spiro atoms. The summed E-state index contributed by atoms with van der Waals surface area (Å²) in [5.41, 5.74) is 1.21. The Morgan fingerprint density at radius 2 is 1.72 bits per heavy atom. The minimum Gasteiger partial charge on any atom is -0.497 e. The number of sulfonamides is 1. The number of hydrogen-bond acceptors (Lipinski definition) is 7. The first kappa shape index (κ1) is 20.0. The maximum atomic E-state index is 12.8. The van der Waals surface area contributed by atoms with Crippen molar-refractivity contribution in [2.24, 2.45) is 0 Å². The molecule has 1 aromatic heterocycles. The lowest BCUT2D eigenvalue weighted by Crippen LogP contribution is -2.15. The molecular weight excluding hydrogens is 394 g/mol. The van der Waals surface area contributed by atoms with Crippen LogP contribution >= 0.6 is 0 Å². The summed E-state index contributed by atoms with van der Waals surface area (Å²) in [5, 5.41) is 19.1. The molecule has 0 radical (unpaired) electrons. The summed E-state index contributed by atoms with van der Waals surface area (Å²) in [6, 6.07) is 13.6. The van der Waals surface area contributed by atoms with Crippen molar-refractivity contribution in [1.29, 1.82) is 5.26 Å². The van der Waals surface area contributed by atoms with Crippen LogP contribution in [0.2, 0.25) is 0 Å². The summed E-state index contributed by atoms with van der Waals surface area (Å²) in [7, 11) is -0.889. The van der Waals surface area contributed by atoms with Gasteiger partial charge in [0.05, 0.1) is 19.1 Å². The standard InChI is InChI=1S/C19H19N5O4S/c1-12-10-15(28-3)8-9-17(12)29(25,26)24-19-16(11-20)18(22-23-19)21-13-4-6-14(27-2)7-5-13/h4-10H,1-3H3,(H3,21,22,23,24). The van der Waals surface area contributed by atoms with Crippen molar-refractivity contribution in [3.8, 4) is 17.6 Å². The predicted molar refractivity (Wildman–Crippen MR) is 108 cm³/mol. The van der Waals surface area contributed by atoms with E-state index < -0.39 is 10.0 Å². The molecular formula is C19H19N5O4S. The number of H-pyrrole nitrogens is 1. The molecule has 29 heavy (non-hydrogen) atoms. The number of methoxy groups -OCH3 is 2. The van der Waals surface area contributed by atoms with Crippen LogP contribution in [0.5, 0.6) is 11.5 Å². The third-order valence-corrected chi connectivity index (χ3v) is 5.64. The van der Waals surface area contributed by atoms with Gasteiger partial charge in [0.2, 0.25) is 0 Å². The molecule has 150 valence electrons. The lowest BCUT2D eigenvalue weighted by Gasteiger charge is -2.10. The molecule has 3 aromatic rings. The Hall–Kier alpha value is -3.71. The van der Waals surface area contributed by atoms with Crippen molar-refractivity contribution in [3.63, 3.8) is 0 Å². The largest absolute Gasteiger partial charge is 0.497 e. The van der Waals surface area contributed by atoms with E-state index in [9.17, 15) is 13.7 Å². The van der Waals surface area contributed by atoms with E-state index in [1.165, 1.54) is 13.2 Å². The van der Waals surface area contributed by atoms with Crippen LogP contribution in [0.1, 0.15) is 11.1 Å². The van der Waals surface area contributed by atoms with E-state index in [0.29, 0.717) is 22.7 Å². The first-order chi connectivity index (χ1) is 13.9. The molecule has 3 rings (SSSR count). The Bertz CT molecular complexity index is 1160. The van der Waals surface area contributed by atoms with Gasteiger partial charge in [-0.2, -0.15) is 10.4 Å². The summed E-state index contributed by atoms with van der Waals surface area (Å²) >= 11 is 0. The molecule has 0 saturated heterocycles. The zero-order valence-electron chi connectivity index (χ0n) is 16.0. The molecule has 0 bridgehead atoms. The van der Waals surface area contributed by atoms with Crippen molar-refractivity contribution in [2.45, 2.75) is 11.8 Å². The van der Waals surface area contributed by atoms with E-state index >= 15 is 0 Å². The smallest absolute Gasteiger partial charge is 0.263 e. The maximum Gasteiger partial charge on any atom is 0.263 e. The van der Waals surface area contributed by atoms with Gasteiger partial charge >= 0.3 is 0 Å². The molecule has 3 N–H and O–H groups in total. The van der Waals surface area contributed by atoms with Gasteiger partial charge in [0.25, 0.3) is 10.0 Å². The van der Waals surface area contributed by atoms with Crippen LogP contribution < -0.4 is 19.5 Å². The van der Waals surface area contributed by atoms with Crippen LogP contribution in [0.15, 0.2) is 47.4 Å². The number of rotatable bonds is 7. The van der Waals surface area contributed by atoms with Gasteiger partial charge in [-0.3, -0.25) is 9.82 Å². The molecule has 0 saturated carbocycles. The van der Waals surface area contributed by atoms with Crippen molar-refractivity contribution in [3.05, 3.63) is 53.6 Å². The van der Waals surface area contributed by atoms with Crippen molar-refractivity contribution in [2.75, 3.05) is 24.3 Å². The van der Waals surface area contributed by atoms with E-state index in [1.54, 1.807) is 50.4 Å². The number of benzene rings is 2. The van der Waals surface area contributed by atoms with E-state index in [-0.39, 0.29) is 22.1 Å². The molecule has 0 aliphatic carbocycles. The highest BCUT2D eigenvalue weighted by Gasteiger charge is 2.22. The van der Waals surface area contributed by atoms with Gasteiger partial charge in [-0.15, -0.1) is 0 Å². The highest BCUT2D eigenvalue weighted by atomic mass is 32.2. The lowest BCUT2D eigenvalue weighted by atomic mass is 10.2. The molecule has 0 unspecified atom stereocenters. The second-order valence-corrected chi connectivity index (χ2v) is 7.68. The normalized spacial score (nSPS) is 10.8. The molecule has 2 aromatic carbocycles. The Kier molecular flexibility index (Phi) is 5.61. The number of anilines is 3. The summed E-state index contributed by atoms with van der Waals surface area (Å²) in [6.45, 7) is 1.66. The fraction of sp³-hybridized carbons (Fsp3) is 0.158. The second kappa shape index (κ2) is 8.12. The fourth-order valence-corrected chi connectivity index (χ4v) is 3.91. The number of aryl methyl sites for hydroxylation is 1. The molecule has 0 fully saturated rings. The number of nitriles is 1. The van der Waals surface area contributed by atoms with Crippen LogP contribution in [0.25, 0.3) is 0 Å². The highest BCUT2D eigenvalue weighted by Crippen LogP contribution is 2.28. The summed E-state index contributed by atoms with van der Waals surface area (Å²) in [5.74, 6) is 1.40. The molecule has 1 heterocycles. The summed E-state index contributed by atoms with van der Waals surface area (Å²) in [4.78, 5) is 0.0647. The summed E-state index contributed by atoms with van der Waals surface area (Å²) < 4.78 is 38.1. The van der Waals surface area contributed by atoms with E-state index in [4.69, 9.17) is 9.47 Å². The number of nitrogens with zero attached hydrogens (tertiary/aromatic N) is 2. The average molecular weight is 413 g/mol. The van der Waals surface area contributed by atoms with Crippen molar-refractivity contribution >= 4 is 27.3 Å². The van der Waals surface area contributed by atoms with Gasteiger partial charge < -0.3 is 14.8 Å². The molecule has 0 amide bonds. The number of aromatic amines is 1. The molecule has 10 heteroatoms. The quantitative estimate of drug-likeness (QED) is 0.542. The zero-order chi connectivity index (χ0) is 21.0. The highest BCUT2D eigenvalue weighted by molar-refractivity contribution is 7.92. The molecule has 0 aliphatic heterocycles. The minimum absolute atomic E-state index is 0.0376. The maximum absolute atomic E-state index is 12.8. The number of hydrogen-bond donors (Lipinski definition) is 3. The van der Waals surface area contributed by atoms with E-state index in [2.05, 4.69) is 20.2 Å². The van der Waals surface area contributed by atoms with Gasteiger partial charge in [-0.05, 0) is 55.0 Å². The average Bonchev–Trinajstić information content (AvgIpc) is 3.08. The van der Waals surface area contributed by atoms with Gasteiger partial charge in [-0.25, -0.2) is 8.42 Å². The van der Waals surface area contributed by atoms with Crippen LogP contribution in [-0.4, -0.2) is 32.8 Å². The van der Waals surface area contributed by atoms with Crippen LogP contribution in [0.3, 0.4) is 0 Å². The lowest BCUT2D eigenvalue weighted by molar-refractivity contribution is 0.414. The van der Waals surface area contributed by atoms with Crippen molar-refractivity contribution in [1.82, 2.24) is 10.2 Å². The number of ether oxygens (including phenoxy) is 2. The Morgan fingerprint density at radius 3 is 2.31 bits per heavy atom. The first-order valence-corrected chi connectivity index (χ1v) is 9.93. The Labute approximate surface area is 168 Å². The van der Waals surface area contributed by atoms with Gasteiger partial charge in [0, 0.05) is 5.69 Å². The zero-order valence-corrected chi connectivity index (χ0v) is 16.8. The molecule has 0 atom stereocenters. The van der Waals surface area contributed by atoms with E-state index in [1.807, 2.05) is 6.07 Å². The van der Waals surface area contributed by atoms with E-state index in [0.717, 1.165) is 0 Å². The number of nitrogens with one attached hydrogen (secondary N) is 3. The third-order valence-electron chi connectivity index (χ3n) is 4.14. The Morgan fingerprint density at radius 1 is 1.07 bits per heavy atom. The monoisotopic (exact) mass is 413 g/mol. The SMILES string of the molecule is COc1ccc(Nc2[nH]nc(NS(=O)(=O)c3ccc(OC)cc3C)c2C#N)cc1. The fourth-order valence-electron chi connectivity index (χ4n) is 2.67. The van der Waals surface area contributed by atoms with Crippen LogP contribution in [0, 0.1) is 18.3 Å². The second-order valence-electron chi connectivity index (χ2n) is 6.02. The summed E-state index contributed by atoms with van der Waals surface area (Å²) in [6.07, 6.45) is 0. The molecule has 9 nitrogen and oxygen atoms in total. The predicted octanol–water partition coefficient (Wildman–Crippen LogP) is 3.15. The third kappa shape index (κ3) is 4.25. The van der Waals surface area contributed by atoms with Crippen molar-refractivity contribution < 1.29 is 17.9 Å². The topological polar surface area (TPSA) is 129 Å². The molecule has 0 aliphatic rings. The van der Waals surface area contributed by atoms with Crippen LogP contribution in [0.4, 0.5) is 17.3 Å². The minimum atomic E-state index is -3.95. The van der Waals surface area contributed by atoms with Gasteiger partial charge in [0.15, 0.2) is 5.82 Å². The Balaban J connectivity index is 1.87. The first-order valence-electron chi connectivity index (χ1n) is 8.45. The van der Waals surface area contributed by atoms with Gasteiger partial charge in [-0.1, -0.05) is 0 Å². The van der Waals surface area contributed by atoms with Crippen LogP contribution in [-0.2, 0) is 10.0 Å². The van der Waals surface area contributed by atoms with Gasteiger partial charge in [0.1, 0.15) is 28.9 Å². The number of aromatic nitrogens is 2.